The molecule has 0 bridgehead atoms. The summed E-state index contributed by atoms with van der Waals surface area (Å²) in [7, 11) is 0. The molecule has 1 heteroatoms. The summed E-state index contributed by atoms with van der Waals surface area (Å²) in [6.45, 7) is 13.5. The molecule has 1 heterocycles. The Hall–Kier alpha value is -0.850. The zero-order valence-corrected chi connectivity index (χ0v) is 10.9. The number of pyridine rings is 1. The highest BCUT2D eigenvalue weighted by molar-refractivity contribution is 5.32. The fourth-order valence-corrected chi connectivity index (χ4v) is 1.74. The minimum Gasteiger partial charge on any atom is -0.260 e. The van der Waals surface area contributed by atoms with Crippen molar-refractivity contribution < 1.29 is 0 Å². The van der Waals surface area contributed by atoms with E-state index in [1.165, 1.54) is 11.3 Å². The van der Waals surface area contributed by atoms with Crippen molar-refractivity contribution in [2.24, 2.45) is 0 Å². The van der Waals surface area contributed by atoms with Crippen LogP contribution in [0.2, 0.25) is 0 Å². The molecule has 0 saturated heterocycles. The van der Waals surface area contributed by atoms with E-state index in [1.54, 1.807) is 0 Å². The van der Waals surface area contributed by atoms with E-state index in [9.17, 15) is 0 Å². The van der Waals surface area contributed by atoms with E-state index in [0.717, 1.165) is 6.42 Å². The molecule has 15 heavy (non-hydrogen) atoms. The maximum Gasteiger partial charge on any atom is 0.0494 e. The molecule has 0 fully saturated rings. The molecule has 0 N–H and O–H groups in total. The lowest BCUT2D eigenvalue weighted by Crippen LogP contribution is -2.25. The minimum atomic E-state index is 0.128. The molecule has 0 aliphatic carbocycles. The molecule has 1 nitrogen and oxygen atoms in total. The predicted molar refractivity (Wildman–Crippen MR) is 66.3 cm³/mol. The molecule has 1 aromatic rings. The highest BCUT2D eigenvalue weighted by Crippen LogP contribution is 2.34. The second kappa shape index (κ2) is 3.96. The van der Waals surface area contributed by atoms with E-state index in [1.807, 2.05) is 12.3 Å². The van der Waals surface area contributed by atoms with Crippen molar-refractivity contribution in [2.45, 2.75) is 58.8 Å². The molecule has 0 saturated carbocycles. The Bertz CT molecular complexity index is 331. The zero-order valence-electron chi connectivity index (χ0n) is 10.9. The topological polar surface area (TPSA) is 12.9 Å². The third kappa shape index (κ3) is 2.58. The molecular weight excluding hydrogens is 182 g/mol. The van der Waals surface area contributed by atoms with Gasteiger partial charge in [-0.15, -0.1) is 0 Å². The van der Waals surface area contributed by atoms with Crippen LogP contribution in [-0.2, 0) is 10.8 Å². The second-order valence-electron chi connectivity index (χ2n) is 5.89. The summed E-state index contributed by atoms with van der Waals surface area (Å²) in [6, 6.07) is 4.26. The van der Waals surface area contributed by atoms with Crippen LogP contribution in [0.15, 0.2) is 18.3 Å². The van der Waals surface area contributed by atoms with Crippen LogP contribution in [0.5, 0.6) is 0 Å². The average molecular weight is 205 g/mol. The Balaban J connectivity index is 3.31. The summed E-state index contributed by atoms with van der Waals surface area (Å²) in [4.78, 5) is 4.56. The second-order valence-corrected chi connectivity index (χ2v) is 5.89. The van der Waals surface area contributed by atoms with Crippen molar-refractivity contribution in [3.63, 3.8) is 0 Å². The SMILES string of the molecule is CCC(C)(C)c1cccnc1C(C)(C)C. The molecule has 0 aromatic carbocycles. The molecule has 0 aliphatic heterocycles. The van der Waals surface area contributed by atoms with Gasteiger partial charge in [-0.1, -0.05) is 47.6 Å². The van der Waals surface area contributed by atoms with Crippen molar-refractivity contribution in [1.82, 2.24) is 4.98 Å². The molecule has 0 unspecified atom stereocenters. The van der Waals surface area contributed by atoms with Gasteiger partial charge in [0.1, 0.15) is 0 Å². The van der Waals surface area contributed by atoms with Gasteiger partial charge in [0, 0.05) is 17.3 Å². The largest absolute Gasteiger partial charge is 0.260 e. The summed E-state index contributed by atoms with van der Waals surface area (Å²) in [5, 5.41) is 0. The number of rotatable bonds is 2. The number of aromatic nitrogens is 1. The molecule has 0 radical (unpaired) electrons. The first-order chi connectivity index (χ1) is 6.79. The third-order valence-corrected chi connectivity index (χ3v) is 3.13. The smallest absolute Gasteiger partial charge is 0.0494 e. The Morgan fingerprint density at radius 3 is 2.20 bits per heavy atom. The van der Waals surface area contributed by atoms with Crippen molar-refractivity contribution in [1.29, 1.82) is 0 Å². The van der Waals surface area contributed by atoms with E-state index >= 15 is 0 Å². The Morgan fingerprint density at radius 2 is 1.73 bits per heavy atom. The van der Waals surface area contributed by atoms with E-state index in [-0.39, 0.29) is 10.8 Å². The summed E-state index contributed by atoms with van der Waals surface area (Å²) < 4.78 is 0. The number of hydrogen-bond donors (Lipinski definition) is 0. The van der Waals surface area contributed by atoms with E-state index in [4.69, 9.17) is 0 Å². The van der Waals surface area contributed by atoms with E-state index < -0.39 is 0 Å². The lowest BCUT2D eigenvalue weighted by atomic mass is 9.76. The first kappa shape index (κ1) is 12.2. The average Bonchev–Trinajstić information content (AvgIpc) is 2.16. The maximum atomic E-state index is 4.56. The quantitative estimate of drug-likeness (QED) is 0.709. The van der Waals surface area contributed by atoms with Crippen molar-refractivity contribution in [2.75, 3.05) is 0 Å². The Kier molecular flexibility index (Phi) is 3.22. The lowest BCUT2D eigenvalue weighted by molar-refractivity contribution is 0.470. The lowest BCUT2D eigenvalue weighted by Gasteiger charge is -2.30. The monoisotopic (exact) mass is 205 g/mol. The highest BCUT2D eigenvalue weighted by atomic mass is 14.7. The Morgan fingerprint density at radius 1 is 1.13 bits per heavy atom. The first-order valence-electron chi connectivity index (χ1n) is 5.75. The fraction of sp³-hybridized carbons (Fsp3) is 0.643. The van der Waals surface area contributed by atoms with Crippen LogP contribution < -0.4 is 0 Å². The molecule has 0 aliphatic rings. The summed E-state index contributed by atoms with van der Waals surface area (Å²) >= 11 is 0. The maximum absolute atomic E-state index is 4.56. The highest BCUT2D eigenvalue weighted by Gasteiger charge is 2.27. The molecule has 0 spiro atoms. The van der Waals surface area contributed by atoms with Gasteiger partial charge in [-0.05, 0) is 23.5 Å². The molecule has 0 atom stereocenters. The van der Waals surface area contributed by atoms with Crippen LogP contribution in [-0.4, -0.2) is 4.98 Å². The molecule has 0 amide bonds. The van der Waals surface area contributed by atoms with Gasteiger partial charge in [-0.3, -0.25) is 4.98 Å². The van der Waals surface area contributed by atoms with Crippen LogP contribution in [0.4, 0.5) is 0 Å². The van der Waals surface area contributed by atoms with Crippen molar-refractivity contribution in [3.05, 3.63) is 29.6 Å². The van der Waals surface area contributed by atoms with Gasteiger partial charge in [-0.2, -0.15) is 0 Å². The number of hydrogen-bond acceptors (Lipinski definition) is 1. The molecule has 1 rings (SSSR count). The van der Waals surface area contributed by atoms with Gasteiger partial charge < -0.3 is 0 Å². The first-order valence-corrected chi connectivity index (χ1v) is 5.75. The van der Waals surface area contributed by atoms with Gasteiger partial charge in [0.25, 0.3) is 0 Å². The summed E-state index contributed by atoms with van der Waals surface area (Å²) in [5.74, 6) is 0. The summed E-state index contributed by atoms with van der Waals surface area (Å²) in [5.41, 5.74) is 2.97. The van der Waals surface area contributed by atoms with E-state index in [2.05, 4.69) is 52.6 Å². The van der Waals surface area contributed by atoms with Crippen LogP contribution in [0.3, 0.4) is 0 Å². The predicted octanol–water partition coefficient (Wildman–Crippen LogP) is 4.07. The molecule has 1 aromatic heterocycles. The van der Waals surface area contributed by atoms with Crippen LogP contribution in [0, 0.1) is 0 Å². The van der Waals surface area contributed by atoms with Crippen LogP contribution >= 0.6 is 0 Å². The summed E-state index contributed by atoms with van der Waals surface area (Å²) in [6.07, 6.45) is 3.04. The van der Waals surface area contributed by atoms with Crippen molar-refractivity contribution in [3.8, 4) is 0 Å². The van der Waals surface area contributed by atoms with Crippen LogP contribution in [0.1, 0.15) is 59.2 Å². The third-order valence-electron chi connectivity index (χ3n) is 3.13. The van der Waals surface area contributed by atoms with Gasteiger partial charge in [0.05, 0.1) is 0 Å². The van der Waals surface area contributed by atoms with Gasteiger partial charge in [-0.25, -0.2) is 0 Å². The normalized spacial score (nSPS) is 12.9. The standard InChI is InChI=1S/C14H23N/c1-7-14(5,6)11-9-8-10-15-12(11)13(2,3)4/h8-10H,7H2,1-6H3. The van der Waals surface area contributed by atoms with Gasteiger partial charge in [0.2, 0.25) is 0 Å². The molecule has 84 valence electrons. The fourth-order valence-electron chi connectivity index (χ4n) is 1.74. The van der Waals surface area contributed by atoms with E-state index in [0.29, 0.717) is 0 Å². The van der Waals surface area contributed by atoms with Crippen LogP contribution in [0.25, 0.3) is 0 Å². The minimum absolute atomic E-state index is 0.128. The van der Waals surface area contributed by atoms with Crippen molar-refractivity contribution >= 4 is 0 Å². The Labute approximate surface area is 93.9 Å². The number of nitrogens with zero attached hydrogens (tertiary/aromatic N) is 1. The van der Waals surface area contributed by atoms with Gasteiger partial charge in [0.15, 0.2) is 0 Å². The van der Waals surface area contributed by atoms with Gasteiger partial charge >= 0.3 is 0 Å². The zero-order chi connectivity index (χ0) is 11.7. The molecular formula is C14H23N.